The van der Waals surface area contributed by atoms with Crippen LogP contribution in [0.4, 0.5) is 0 Å². The van der Waals surface area contributed by atoms with Gasteiger partial charge >= 0.3 is 0 Å². The molecule has 2 N–H and O–H groups in total. The maximum Gasteiger partial charge on any atom is 0.127 e. The maximum atomic E-state index is 11.4. The van der Waals surface area contributed by atoms with Gasteiger partial charge in [0.1, 0.15) is 11.5 Å². The zero-order chi connectivity index (χ0) is 20.3. The third kappa shape index (κ3) is 2.60. The first kappa shape index (κ1) is 19.4. The topological polar surface area (TPSA) is 40.5 Å². The Hall–Kier alpha value is -1.96. The molecule has 2 heteroatoms. The van der Waals surface area contributed by atoms with Crippen LogP contribution in [0.2, 0.25) is 0 Å². The van der Waals surface area contributed by atoms with Crippen LogP contribution in [0.5, 0.6) is 11.5 Å². The molecule has 0 heterocycles. The summed E-state index contributed by atoms with van der Waals surface area (Å²) >= 11 is 0. The Labute approximate surface area is 169 Å². The van der Waals surface area contributed by atoms with Gasteiger partial charge in [0.25, 0.3) is 0 Å². The van der Waals surface area contributed by atoms with Crippen molar-refractivity contribution in [3.63, 3.8) is 0 Å². The monoisotopic (exact) mass is 378 g/mol. The molecule has 0 saturated carbocycles. The van der Waals surface area contributed by atoms with Crippen molar-refractivity contribution >= 4 is 0 Å². The fourth-order valence-electron chi connectivity index (χ4n) is 5.84. The minimum atomic E-state index is 0.378. The van der Waals surface area contributed by atoms with E-state index in [9.17, 15) is 10.2 Å². The lowest BCUT2D eigenvalue weighted by atomic mass is 9.71. The summed E-state index contributed by atoms with van der Waals surface area (Å²) in [6, 6.07) is 0. The molecule has 2 aromatic rings. The predicted octanol–water partition coefficient (Wildman–Crippen LogP) is 6.88. The van der Waals surface area contributed by atoms with Crippen LogP contribution >= 0.6 is 0 Å². The van der Waals surface area contributed by atoms with Crippen molar-refractivity contribution in [3.8, 4) is 22.6 Å². The Morgan fingerprint density at radius 3 is 1.32 bits per heavy atom. The lowest BCUT2D eigenvalue weighted by Crippen LogP contribution is -2.16. The standard InChI is InChI=1S/C26H34O2/c1-13-9-7-11-19-15(3)17(5)25(27)23(21(13)19)24-22-14(2)10-8-12-20(22)16(4)18(6)26(24)28/h13-14,27-28H,7-12H2,1-6H3/t13-,14-/m0/s1. The van der Waals surface area contributed by atoms with E-state index in [1.807, 2.05) is 13.8 Å². The number of aromatic hydroxyl groups is 2. The third-order valence-corrected chi connectivity index (χ3v) is 7.77. The van der Waals surface area contributed by atoms with Crippen LogP contribution in [0, 0.1) is 27.7 Å². The van der Waals surface area contributed by atoms with Gasteiger partial charge in [-0.3, -0.25) is 0 Å². The summed E-state index contributed by atoms with van der Waals surface area (Å²) < 4.78 is 0. The van der Waals surface area contributed by atoms with Crippen molar-refractivity contribution in [3.05, 3.63) is 44.5 Å². The summed E-state index contributed by atoms with van der Waals surface area (Å²) in [5, 5.41) is 22.7. The number of hydrogen-bond donors (Lipinski definition) is 2. The van der Waals surface area contributed by atoms with E-state index in [0.717, 1.165) is 47.9 Å². The lowest BCUT2D eigenvalue weighted by molar-refractivity contribution is 0.458. The molecule has 2 aromatic carbocycles. The molecule has 2 aliphatic carbocycles. The van der Waals surface area contributed by atoms with E-state index in [0.29, 0.717) is 23.3 Å². The molecule has 0 aliphatic heterocycles. The van der Waals surface area contributed by atoms with E-state index in [-0.39, 0.29) is 0 Å². The number of fused-ring (bicyclic) bond motifs is 2. The first-order chi connectivity index (χ1) is 13.3. The fraction of sp³-hybridized carbons (Fsp3) is 0.538. The second kappa shape index (κ2) is 6.83. The summed E-state index contributed by atoms with van der Waals surface area (Å²) in [7, 11) is 0. The zero-order valence-corrected chi connectivity index (χ0v) is 18.3. The van der Waals surface area contributed by atoms with E-state index in [2.05, 4.69) is 27.7 Å². The van der Waals surface area contributed by atoms with Gasteiger partial charge in [0.05, 0.1) is 0 Å². The van der Waals surface area contributed by atoms with Gasteiger partial charge in [0.15, 0.2) is 0 Å². The number of phenols is 2. The van der Waals surface area contributed by atoms with Gasteiger partial charge in [0.2, 0.25) is 0 Å². The van der Waals surface area contributed by atoms with E-state index < -0.39 is 0 Å². The van der Waals surface area contributed by atoms with Crippen molar-refractivity contribution in [2.24, 2.45) is 0 Å². The molecule has 4 rings (SSSR count). The van der Waals surface area contributed by atoms with Crippen LogP contribution < -0.4 is 0 Å². The molecule has 0 fully saturated rings. The molecule has 2 atom stereocenters. The van der Waals surface area contributed by atoms with Crippen molar-refractivity contribution in [1.29, 1.82) is 0 Å². The summed E-state index contributed by atoms with van der Waals surface area (Å²) in [5.41, 5.74) is 11.6. The van der Waals surface area contributed by atoms with Crippen LogP contribution in [0.15, 0.2) is 0 Å². The smallest absolute Gasteiger partial charge is 0.127 e. The third-order valence-electron chi connectivity index (χ3n) is 7.77. The summed E-state index contributed by atoms with van der Waals surface area (Å²) in [5.74, 6) is 1.56. The zero-order valence-electron chi connectivity index (χ0n) is 18.3. The van der Waals surface area contributed by atoms with E-state index in [1.54, 1.807) is 0 Å². The minimum Gasteiger partial charge on any atom is -0.507 e. The van der Waals surface area contributed by atoms with Crippen LogP contribution in [0.1, 0.15) is 95.9 Å². The highest BCUT2D eigenvalue weighted by molar-refractivity contribution is 5.87. The van der Waals surface area contributed by atoms with Crippen molar-refractivity contribution < 1.29 is 10.2 Å². The Kier molecular flexibility index (Phi) is 4.72. The highest BCUT2D eigenvalue weighted by Crippen LogP contribution is 2.54. The molecule has 0 spiro atoms. The SMILES string of the molecule is Cc1c(C)c2c(c(-c3c(O)c(C)c(C)c4c3[C@@H](C)CCC4)c1O)[C@@H](C)CCC2. The Balaban J connectivity index is 2.18. The molecule has 2 nitrogen and oxygen atoms in total. The highest BCUT2D eigenvalue weighted by atomic mass is 16.3. The van der Waals surface area contributed by atoms with Gasteiger partial charge in [-0.15, -0.1) is 0 Å². The minimum absolute atomic E-state index is 0.378. The van der Waals surface area contributed by atoms with Gasteiger partial charge in [-0.1, -0.05) is 13.8 Å². The number of hydrogen-bond acceptors (Lipinski definition) is 2. The van der Waals surface area contributed by atoms with Crippen LogP contribution in [0.25, 0.3) is 11.1 Å². The molecule has 2 aliphatic rings. The van der Waals surface area contributed by atoms with Crippen LogP contribution in [-0.2, 0) is 12.8 Å². The molecular formula is C26H34O2. The van der Waals surface area contributed by atoms with Gasteiger partial charge in [-0.25, -0.2) is 0 Å². The van der Waals surface area contributed by atoms with Crippen LogP contribution in [-0.4, -0.2) is 10.2 Å². The first-order valence-electron chi connectivity index (χ1n) is 11.0. The van der Waals surface area contributed by atoms with Gasteiger partial charge in [-0.05, 0) is 123 Å². The predicted molar refractivity (Wildman–Crippen MR) is 117 cm³/mol. The number of phenolic OH excluding ortho intramolecular Hbond substituents is 2. The molecule has 28 heavy (non-hydrogen) atoms. The van der Waals surface area contributed by atoms with E-state index in [4.69, 9.17) is 0 Å². The molecule has 0 amide bonds. The average Bonchev–Trinajstić information content (AvgIpc) is 2.67. The molecule has 0 aromatic heterocycles. The van der Waals surface area contributed by atoms with E-state index in [1.165, 1.54) is 46.2 Å². The Bertz CT molecular complexity index is 888. The molecule has 0 radical (unpaired) electrons. The highest BCUT2D eigenvalue weighted by Gasteiger charge is 2.33. The van der Waals surface area contributed by atoms with E-state index >= 15 is 0 Å². The van der Waals surface area contributed by atoms with Crippen molar-refractivity contribution in [1.82, 2.24) is 0 Å². The normalized spacial score (nSPS) is 21.4. The largest absolute Gasteiger partial charge is 0.507 e. The second-order valence-electron chi connectivity index (χ2n) is 9.32. The Morgan fingerprint density at radius 2 is 0.964 bits per heavy atom. The van der Waals surface area contributed by atoms with Gasteiger partial charge < -0.3 is 10.2 Å². The quantitative estimate of drug-likeness (QED) is 0.568. The molecule has 0 saturated heterocycles. The van der Waals surface area contributed by atoms with Crippen molar-refractivity contribution in [2.75, 3.05) is 0 Å². The first-order valence-corrected chi connectivity index (χ1v) is 11.0. The second-order valence-corrected chi connectivity index (χ2v) is 9.32. The summed E-state index contributed by atoms with van der Waals surface area (Å²) in [6.45, 7) is 12.9. The molecular weight excluding hydrogens is 344 g/mol. The summed E-state index contributed by atoms with van der Waals surface area (Å²) in [6.07, 6.45) is 6.83. The number of benzene rings is 2. The van der Waals surface area contributed by atoms with Gasteiger partial charge in [-0.2, -0.15) is 0 Å². The van der Waals surface area contributed by atoms with Crippen molar-refractivity contribution in [2.45, 2.75) is 91.9 Å². The molecule has 0 bridgehead atoms. The van der Waals surface area contributed by atoms with Gasteiger partial charge in [0, 0.05) is 11.1 Å². The fourth-order valence-corrected chi connectivity index (χ4v) is 5.84. The maximum absolute atomic E-state index is 11.4. The lowest BCUT2D eigenvalue weighted by Gasteiger charge is -2.34. The summed E-state index contributed by atoms with van der Waals surface area (Å²) in [4.78, 5) is 0. The molecule has 0 unspecified atom stereocenters. The Morgan fingerprint density at radius 1 is 0.607 bits per heavy atom. The van der Waals surface area contributed by atoms with Crippen LogP contribution in [0.3, 0.4) is 0 Å². The average molecular weight is 379 g/mol. The number of rotatable bonds is 1. The molecule has 150 valence electrons.